The lowest BCUT2D eigenvalue weighted by molar-refractivity contribution is 0.471. The molecule has 0 aliphatic carbocycles. The van der Waals surface area contributed by atoms with Gasteiger partial charge in [-0.2, -0.15) is 0 Å². The van der Waals surface area contributed by atoms with Crippen molar-refractivity contribution in [1.29, 1.82) is 0 Å². The average molecular weight is 428 g/mol. The molecule has 0 aliphatic heterocycles. The lowest BCUT2D eigenvalue weighted by Gasteiger charge is -2.37. The van der Waals surface area contributed by atoms with E-state index in [0.717, 1.165) is 11.0 Å². The summed E-state index contributed by atoms with van der Waals surface area (Å²) in [6.07, 6.45) is 0. The Bertz CT molecular complexity index is 900. The largest absolute Gasteiger partial charge is 0.296 e. The average Bonchev–Trinajstić information content (AvgIpc) is 2.78. The molecule has 0 amide bonds. The first-order chi connectivity index (χ1) is 13.8. The highest BCUT2D eigenvalue weighted by Crippen LogP contribution is 2.37. The van der Waals surface area contributed by atoms with Gasteiger partial charge in [0.05, 0.1) is 5.54 Å². The summed E-state index contributed by atoms with van der Waals surface area (Å²) in [4.78, 5) is 0. The van der Waals surface area contributed by atoms with Gasteiger partial charge in [-0.25, -0.2) is 0 Å². The van der Waals surface area contributed by atoms with Crippen molar-refractivity contribution in [2.75, 3.05) is 0 Å². The van der Waals surface area contributed by atoms with Crippen LogP contribution in [0.25, 0.3) is 0 Å². The SMILES string of the molecule is Brc1ccc(CNC(c2ccccc2)(c2ccccc2)c2ccccc2)cc1. The second kappa shape index (κ2) is 8.55. The van der Waals surface area contributed by atoms with Crippen molar-refractivity contribution in [3.63, 3.8) is 0 Å². The monoisotopic (exact) mass is 427 g/mol. The molecule has 4 rings (SSSR count). The Morgan fingerprint density at radius 3 is 1.32 bits per heavy atom. The van der Waals surface area contributed by atoms with Crippen molar-refractivity contribution in [3.8, 4) is 0 Å². The maximum absolute atomic E-state index is 3.90. The summed E-state index contributed by atoms with van der Waals surface area (Å²) in [6.45, 7) is 0.756. The van der Waals surface area contributed by atoms with Crippen LogP contribution in [0, 0.1) is 0 Å². The van der Waals surface area contributed by atoms with Gasteiger partial charge in [0.25, 0.3) is 0 Å². The van der Waals surface area contributed by atoms with E-state index in [2.05, 4.69) is 137 Å². The van der Waals surface area contributed by atoms with Gasteiger partial charge in [0.1, 0.15) is 0 Å². The fraction of sp³-hybridized carbons (Fsp3) is 0.0769. The predicted octanol–water partition coefficient (Wildman–Crippen LogP) is 6.53. The maximum Gasteiger partial charge on any atom is 0.0950 e. The Morgan fingerprint density at radius 2 is 0.929 bits per heavy atom. The fourth-order valence-electron chi connectivity index (χ4n) is 3.71. The summed E-state index contributed by atoms with van der Waals surface area (Å²) < 4.78 is 1.09. The number of rotatable bonds is 6. The van der Waals surface area contributed by atoms with Crippen molar-refractivity contribution in [3.05, 3.63) is 142 Å². The van der Waals surface area contributed by atoms with Crippen molar-refractivity contribution in [1.82, 2.24) is 5.32 Å². The third-order valence-electron chi connectivity index (χ3n) is 5.09. The van der Waals surface area contributed by atoms with Crippen molar-refractivity contribution < 1.29 is 0 Å². The van der Waals surface area contributed by atoms with Gasteiger partial charge in [0.2, 0.25) is 0 Å². The van der Waals surface area contributed by atoms with Crippen LogP contribution in [-0.4, -0.2) is 0 Å². The van der Waals surface area contributed by atoms with Gasteiger partial charge < -0.3 is 0 Å². The molecule has 28 heavy (non-hydrogen) atoms. The smallest absolute Gasteiger partial charge is 0.0950 e. The van der Waals surface area contributed by atoms with Gasteiger partial charge in [-0.05, 0) is 34.4 Å². The number of halogens is 1. The molecule has 0 radical (unpaired) electrons. The van der Waals surface area contributed by atoms with Gasteiger partial charge >= 0.3 is 0 Å². The zero-order valence-electron chi connectivity index (χ0n) is 15.6. The summed E-state index contributed by atoms with van der Waals surface area (Å²) in [5, 5.41) is 3.90. The zero-order chi connectivity index (χ0) is 19.2. The third kappa shape index (κ3) is 3.80. The number of hydrogen-bond acceptors (Lipinski definition) is 1. The molecule has 4 aromatic rings. The molecular weight excluding hydrogens is 406 g/mol. The molecule has 0 atom stereocenters. The number of hydrogen-bond donors (Lipinski definition) is 1. The molecule has 0 spiro atoms. The first-order valence-corrected chi connectivity index (χ1v) is 10.2. The Hall–Kier alpha value is -2.68. The molecule has 0 unspecified atom stereocenters. The molecule has 0 saturated carbocycles. The summed E-state index contributed by atoms with van der Waals surface area (Å²) in [6, 6.07) is 40.6. The minimum Gasteiger partial charge on any atom is -0.296 e. The molecule has 2 heteroatoms. The summed E-state index contributed by atoms with van der Waals surface area (Å²) >= 11 is 3.53. The first-order valence-electron chi connectivity index (χ1n) is 9.45. The molecule has 4 aromatic carbocycles. The van der Waals surface area contributed by atoms with E-state index in [1.54, 1.807) is 0 Å². The van der Waals surface area contributed by atoms with Crippen LogP contribution < -0.4 is 5.32 Å². The first kappa shape index (κ1) is 18.7. The van der Waals surface area contributed by atoms with Crippen LogP contribution in [0.1, 0.15) is 22.3 Å². The highest BCUT2D eigenvalue weighted by molar-refractivity contribution is 9.10. The predicted molar refractivity (Wildman–Crippen MR) is 120 cm³/mol. The van der Waals surface area contributed by atoms with E-state index in [0.29, 0.717) is 0 Å². The maximum atomic E-state index is 3.90. The van der Waals surface area contributed by atoms with Crippen LogP contribution in [0.2, 0.25) is 0 Å². The van der Waals surface area contributed by atoms with E-state index in [1.165, 1.54) is 22.3 Å². The number of nitrogens with one attached hydrogen (secondary N) is 1. The molecular formula is C26H22BrN. The minimum atomic E-state index is -0.434. The highest BCUT2D eigenvalue weighted by Gasteiger charge is 2.35. The minimum absolute atomic E-state index is 0.434. The number of benzene rings is 4. The Morgan fingerprint density at radius 1 is 0.536 bits per heavy atom. The van der Waals surface area contributed by atoms with E-state index >= 15 is 0 Å². The van der Waals surface area contributed by atoms with Gasteiger partial charge in [0.15, 0.2) is 0 Å². The van der Waals surface area contributed by atoms with E-state index in [9.17, 15) is 0 Å². The van der Waals surface area contributed by atoms with Crippen molar-refractivity contribution in [2.24, 2.45) is 0 Å². The Kier molecular flexibility index (Phi) is 5.70. The van der Waals surface area contributed by atoms with Gasteiger partial charge in [0, 0.05) is 11.0 Å². The molecule has 138 valence electrons. The van der Waals surface area contributed by atoms with E-state index < -0.39 is 5.54 Å². The topological polar surface area (TPSA) is 12.0 Å². The Labute approximate surface area is 175 Å². The van der Waals surface area contributed by atoms with Crippen molar-refractivity contribution in [2.45, 2.75) is 12.1 Å². The lowest BCUT2D eigenvalue weighted by Crippen LogP contribution is -2.44. The molecule has 0 saturated heterocycles. The van der Waals surface area contributed by atoms with E-state index in [1.807, 2.05) is 0 Å². The molecule has 1 N–H and O–H groups in total. The van der Waals surface area contributed by atoms with Crippen LogP contribution in [0.15, 0.2) is 120 Å². The second-order valence-corrected chi connectivity index (χ2v) is 7.74. The summed E-state index contributed by atoms with van der Waals surface area (Å²) in [5.74, 6) is 0. The fourth-order valence-corrected chi connectivity index (χ4v) is 3.97. The quantitative estimate of drug-likeness (QED) is 0.344. The molecule has 0 aromatic heterocycles. The van der Waals surface area contributed by atoms with E-state index in [-0.39, 0.29) is 0 Å². The molecule has 0 aliphatic rings. The Balaban J connectivity index is 1.86. The van der Waals surface area contributed by atoms with Crippen LogP contribution in [0.3, 0.4) is 0 Å². The lowest BCUT2D eigenvalue weighted by atomic mass is 9.77. The van der Waals surface area contributed by atoms with Gasteiger partial charge in [-0.15, -0.1) is 0 Å². The molecule has 0 heterocycles. The standard InChI is InChI=1S/C26H22BrN/c27-25-18-16-21(17-19-25)20-28-26(22-10-4-1-5-11-22,23-12-6-2-7-13-23)24-14-8-3-9-15-24/h1-19,28H,20H2. The van der Waals surface area contributed by atoms with Gasteiger partial charge in [-0.3, -0.25) is 5.32 Å². The van der Waals surface area contributed by atoms with Gasteiger partial charge in [-0.1, -0.05) is 119 Å². The molecule has 0 bridgehead atoms. The van der Waals surface area contributed by atoms with Crippen LogP contribution >= 0.6 is 15.9 Å². The summed E-state index contributed by atoms with van der Waals surface area (Å²) in [7, 11) is 0. The third-order valence-corrected chi connectivity index (χ3v) is 5.62. The molecule has 1 nitrogen and oxygen atoms in total. The van der Waals surface area contributed by atoms with Crippen LogP contribution in [0.4, 0.5) is 0 Å². The second-order valence-electron chi connectivity index (χ2n) is 6.83. The normalized spacial score (nSPS) is 11.3. The van der Waals surface area contributed by atoms with E-state index in [4.69, 9.17) is 0 Å². The zero-order valence-corrected chi connectivity index (χ0v) is 17.1. The molecule has 0 fully saturated rings. The van der Waals surface area contributed by atoms with Crippen LogP contribution in [0.5, 0.6) is 0 Å². The summed E-state index contributed by atoms with van der Waals surface area (Å²) in [5.41, 5.74) is 4.49. The van der Waals surface area contributed by atoms with Crippen molar-refractivity contribution >= 4 is 15.9 Å². The highest BCUT2D eigenvalue weighted by atomic mass is 79.9. The van der Waals surface area contributed by atoms with Crippen LogP contribution in [-0.2, 0) is 12.1 Å².